The molecular weight excluding hydrogens is 148 g/mol. The fourth-order valence-electron chi connectivity index (χ4n) is 0.826. The molecule has 0 fully saturated rings. The van der Waals surface area contributed by atoms with E-state index in [1.807, 2.05) is 0 Å². The zero-order valence-corrected chi connectivity index (χ0v) is 5.94. The fraction of sp³-hybridized carbons (Fsp3) is 0.167. The number of fused-ring (bicyclic) bond motifs is 1. The Kier molecular flexibility index (Phi) is 1.20. The van der Waals surface area contributed by atoms with E-state index in [4.69, 9.17) is 0 Å². The van der Waals surface area contributed by atoms with Crippen molar-refractivity contribution in [3.8, 4) is 0 Å². The van der Waals surface area contributed by atoms with E-state index in [-0.39, 0.29) is 5.43 Å². The maximum absolute atomic E-state index is 10.7. The quantitative estimate of drug-likeness (QED) is 0.580. The highest BCUT2D eigenvalue weighted by Crippen LogP contribution is 2.18. The minimum Gasteiger partial charge on any atom is -0.315 e. The van der Waals surface area contributed by atoms with E-state index in [0.29, 0.717) is 0 Å². The summed E-state index contributed by atoms with van der Waals surface area (Å²) in [6.07, 6.45) is 1.62. The first-order chi connectivity index (χ1) is 4.86. The number of pyridine rings is 1. The van der Waals surface area contributed by atoms with Gasteiger partial charge in [0.05, 0.1) is 11.9 Å². The predicted octanol–water partition coefficient (Wildman–Crippen LogP) is 0.255. The Morgan fingerprint density at radius 2 is 2.70 bits per heavy atom. The van der Waals surface area contributed by atoms with Crippen LogP contribution in [-0.4, -0.2) is 10.6 Å². The van der Waals surface area contributed by atoms with Crippen LogP contribution >= 0.6 is 11.8 Å². The molecule has 0 amide bonds. The normalized spacial score (nSPS) is 14.4. The third kappa shape index (κ3) is 0.806. The number of aromatic nitrogens is 1. The van der Waals surface area contributed by atoms with Crippen molar-refractivity contribution in [1.82, 2.24) is 4.68 Å². The lowest BCUT2D eigenvalue weighted by molar-refractivity contribution is 0.830. The number of hydrogen-bond donors (Lipinski definition) is 1. The molecule has 51 valence electrons. The smallest absolute Gasteiger partial charge is 0.190 e. The van der Waals surface area contributed by atoms with Gasteiger partial charge in [-0.2, -0.15) is 0 Å². The Morgan fingerprint density at radius 1 is 1.80 bits per heavy atom. The molecule has 0 aliphatic carbocycles. The summed E-state index contributed by atoms with van der Waals surface area (Å²) in [5, 5.41) is 0.962. The molecule has 4 heteroatoms. The lowest BCUT2D eigenvalue weighted by Crippen LogP contribution is -2.10. The molecule has 0 atom stereocenters. The molecule has 0 unspecified atom stereocenters. The Bertz CT molecular complexity index is 307. The standard InChI is InChI=1S/C6H5N2OS/c9-5-1-2-8-6(3-5)10-4-7-8/h2-3,7H,4H2. The number of rotatable bonds is 0. The largest absolute Gasteiger partial charge is 0.315 e. The molecule has 1 radical (unpaired) electrons. The van der Waals surface area contributed by atoms with Crippen molar-refractivity contribution in [1.29, 1.82) is 0 Å². The van der Waals surface area contributed by atoms with Crippen LogP contribution in [0.25, 0.3) is 0 Å². The molecule has 1 aliphatic heterocycles. The molecular formula is C6H5N2OS. The van der Waals surface area contributed by atoms with Gasteiger partial charge in [0.25, 0.3) is 0 Å². The lowest BCUT2D eigenvalue weighted by atomic mass is 10.5. The first kappa shape index (κ1) is 5.85. The van der Waals surface area contributed by atoms with Crippen molar-refractivity contribution in [2.75, 3.05) is 11.3 Å². The van der Waals surface area contributed by atoms with Crippen LogP contribution in [0.2, 0.25) is 0 Å². The van der Waals surface area contributed by atoms with Crippen molar-refractivity contribution in [2.24, 2.45) is 0 Å². The topological polar surface area (TPSA) is 34.0 Å². The lowest BCUT2D eigenvalue weighted by Gasteiger charge is -1.98. The SMILES string of the molecule is O=c1[c]cn2c(c1)SCN2. The van der Waals surface area contributed by atoms with Crippen molar-refractivity contribution < 1.29 is 0 Å². The Balaban J connectivity index is 2.63. The predicted molar refractivity (Wildman–Crippen MR) is 39.6 cm³/mol. The molecule has 0 saturated heterocycles. The average molecular weight is 153 g/mol. The van der Waals surface area contributed by atoms with Crippen LogP contribution < -0.4 is 10.9 Å². The molecule has 3 nitrogen and oxygen atoms in total. The molecule has 1 aliphatic rings. The van der Waals surface area contributed by atoms with E-state index >= 15 is 0 Å². The van der Waals surface area contributed by atoms with Gasteiger partial charge in [-0.1, -0.05) is 11.8 Å². The number of nitrogens with one attached hydrogen (secondary N) is 1. The molecule has 2 heterocycles. The van der Waals surface area contributed by atoms with Crippen molar-refractivity contribution in [3.05, 3.63) is 28.6 Å². The van der Waals surface area contributed by atoms with Gasteiger partial charge in [0.2, 0.25) is 0 Å². The average Bonchev–Trinajstić information content (AvgIpc) is 2.33. The number of hydrogen-bond acceptors (Lipinski definition) is 3. The van der Waals surface area contributed by atoms with E-state index in [2.05, 4.69) is 11.5 Å². The van der Waals surface area contributed by atoms with Crippen LogP contribution in [0.4, 0.5) is 0 Å². The van der Waals surface area contributed by atoms with Crippen LogP contribution in [0.3, 0.4) is 0 Å². The molecule has 1 N–H and O–H groups in total. The van der Waals surface area contributed by atoms with Gasteiger partial charge >= 0.3 is 0 Å². The number of thioether (sulfide) groups is 1. The monoisotopic (exact) mass is 153 g/mol. The second-order valence-electron chi connectivity index (χ2n) is 1.94. The van der Waals surface area contributed by atoms with Gasteiger partial charge in [0, 0.05) is 12.3 Å². The summed E-state index contributed by atoms with van der Waals surface area (Å²) in [5.74, 6) is 0.831. The van der Waals surface area contributed by atoms with Crippen molar-refractivity contribution in [2.45, 2.75) is 5.03 Å². The van der Waals surface area contributed by atoms with E-state index < -0.39 is 0 Å². The fourth-order valence-corrected chi connectivity index (χ4v) is 1.62. The van der Waals surface area contributed by atoms with Gasteiger partial charge in [-0.15, -0.1) is 0 Å². The first-order valence-corrected chi connectivity index (χ1v) is 3.86. The van der Waals surface area contributed by atoms with Crippen LogP contribution in [0.1, 0.15) is 0 Å². The van der Waals surface area contributed by atoms with Crippen LogP contribution in [0, 0.1) is 6.07 Å². The maximum atomic E-state index is 10.7. The Hall–Kier alpha value is -0.900. The van der Waals surface area contributed by atoms with Gasteiger partial charge in [-0.05, 0) is 0 Å². The van der Waals surface area contributed by atoms with E-state index in [0.717, 1.165) is 10.9 Å². The molecule has 1 aromatic heterocycles. The summed E-state index contributed by atoms with van der Waals surface area (Å²) >= 11 is 1.61. The van der Waals surface area contributed by atoms with Gasteiger partial charge < -0.3 is 5.43 Å². The second kappa shape index (κ2) is 2.05. The van der Waals surface area contributed by atoms with E-state index in [9.17, 15) is 4.79 Å². The zero-order chi connectivity index (χ0) is 6.97. The second-order valence-corrected chi connectivity index (χ2v) is 2.93. The van der Waals surface area contributed by atoms with Gasteiger partial charge in [0.15, 0.2) is 5.43 Å². The third-order valence-corrected chi connectivity index (χ3v) is 2.17. The van der Waals surface area contributed by atoms with Crippen molar-refractivity contribution >= 4 is 11.8 Å². The van der Waals surface area contributed by atoms with E-state index in [1.54, 1.807) is 28.7 Å². The molecule has 0 saturated carbocycles. The number of nitrogens with zero attached hydrogens (tertiary/aromatic N) is 1. The van der Waals surface area contributed by atoms with Gasteiger partial charge in [0.1, 0.15) is 5.03 Å². The summed E-state index contributed by atoms with van der Waals surface area (Å²) in [4.78, 5) is 10.7. The Labute approximate surface area is 62.0 Å². The molecule has 0 spiro atoms. The molecule has 2 rings (SSSR count). The molecule has 0 aromatic carbocycles. The Morgan fingerprint density at radius 3 is 3.60 bits per heavy atom. The van der Waals surface area contributed by atoms with Gasteiger partial charge in [-0.25, -0.2) is 0 Å². The van der Waals surface area contributed by atoms with Gasteiger partial charge in [-0.3, -0.25) is 9.47 Å². The molecule has 0 bridgehead atoms. The van der Waals surface area contributed by atoms with Crippen molar-refractivity contribution in [3.63, 3.8) is 0 Å². The minimum absolute atomic E-state index is 0.0533. The summed E-state index contributed by atoms with van der Waals surface area (Å²) in [7, 11) is 0. The van der Waals surface area contributed by atoms with Crippen LogP contribution in [-0.2, 0) is 0 Å². The van der Waals surface area contributed by atoms with E-state index in [1.165, 1.54) is 0 Å². The summed E-state index contributed by atoms with van der Waals surface area (Å²) in [6, 6.07) is 4.14. The highest BCUT2D eigenvalue weighted by atomic mass is 32.2. The molecule has 10 heavy (non-hydrogen) atoms. The summed E-state index contributed by atoms with van der Waals surface area (Å²) in [5.41, 5.74) is 2.98. The summed E-state index contributed by atoms with van der Waals surface area (Å²) in [6.45, 7) is 0. The highest BCUT2D eigenvalue weighted by molar-refractivity contribution is 7.99. The van der Waals surface area contributed by atoms with Crippen LogP contribution in [0.5, 0.6) is 0 Å². The maximum Gasteiger partial charge on any atom is 0.190 e. The van der Waals surface area contributed by atoms with Crippen LogP contribution in [0.15, 0.2) is 22.1 Å². The highest BCUT2D eigenvalue weighted by Gasteiger charge is 2.06. The first-order valence-electron chi connectivity index (χ1n) is 2.87. The molecule has 1 aromatic rings. The minimum atomic E-state index is -0.0533. The third-order valence-electron chi connectivity index (χ3n) is 1.28. The summed E-state index contributed by atoms with van der Waals surface area (Å²) < 4.78 is 1.80. The zero-order valence-electron chi connectivity index (χ0n) is 5.13.